The summed E-state index contributed by atoms with van der Waals surface area (Å²) in [6.07, 6.45) is 2.00. The topological polar surface area (TPSA) is 35.5 Å². The van der Waals surface area contributed by atoms with Gasteiger partial charge in [-0.2, -0.15) is 0 Å². The standard InChI is InChI=1S/C14H18O3.C2H6/c1-4-16-14(15)12-5-7-13(8-6-12)17-10-9-11(2)3;1-2/h5-9H,4,10H2,1-3H3;1-2H3. The maximum Gasteiger partial charge on any atom is 0.338 e. The van der Waals surface area contributed by atoms with Crippen molar-refractivity contribution in [3.05, 3.63) is 41.5 Å². The molecule has 0 spiro atoms. The highest BCUT2D eigenvalue weighted by molar-refractivity contribution is 5.89. The Kier molecular flexibility index (Phi) is 9.23. The summed E-state index contributed by atoms with van der Waals surface area (Å²) in [6.45, 7) is 10.8. The van der Waals surface area contributed by atoms with Gasteiger partial charge < -0.3 is 9.47 Å². The molecule has 0 aliphatic heterocycles. The zero-order valence-corrected chi connectivity index (χ0v) is 12.5. The molecule has 0 aliphatic rings. The van der Waals surface area contributed by atoms with Crippen molar-refractivity contribution < 1.29 is 14.3 Å². The molecule has 1 aromatic rings. The average Bonchev–Trinajstić information content (AvgIpc) is 2.41. The van der Waals surface area contributed by atoms with Gasteiger partial charge in [0.15, 0.2) is 0 Å². The lowest BCUT2D eigenvalue weighted by Gasteiger charge is -2.05. The van der Waals surface area contributed by atoms with Crippen molar-refractivity contribution in [3.8, 4) is 5.75 Å². The van der Waals surface area contributed by atoms with Crippen LogP contribution in [-0.4, -0.2) is 19.2 Å². The highest BCUT2D eigenvalue weighted by Crippen LogP contribution is 2.13. The zero-order valence-electron chi connectivity index (χ0n) is 12.5. The first-order chi connectivity index (χ1) is 9.13. The molecule has 0 amide bonds. The third-order valence-corrected chi connectivity index (χ3v) is 2.11. The Morgan fingerprint density at radius 1 is 1.16 bits per heavy atom. The molecule has 0 saturated carbocycles. The van der Waals surface area contributed by atoms with E-state index >= 15 is 0 Å². The van der Waals surface area contributed by atoms with E-state index in [1.807, 2.05) is 33.8 Å². The summed E-state index contributed by atoms with van der Waals surface area (Å²) in [4.78, 5) is 11.4. The van der Waals surface area contributed by atoms with Crippen molar-refractivity contribution >= 4 is 5.97 Å². The van der Waals surface area contributed by atoms with Gasteiger partial charge >= 0.3 is 5.97 Å². The van der Waals surface area contributed by atoms with E-state index in [0.717, 1.165) is 5.75 Å². The second-order valence-corrected chi connectivity index (χ2v) is 3.84. The molecule has 0 bridgehead atoms. The minimum absolute atomic E-state index is 0.302. The van der Waals surface area contributed by atoms with Gasteiger partial charge in [-0.3, -0.25) is 0 Å². The van der Waals surface area contributed by atoms with Gasteiger partial charge in [0.2, 0.25) is 0 Å². The Morgan fingerprint density at radius 2 is 1.74 bits per heavy atom. The van der Waals surface area contributed by atoms with Gasteiger partial charge in [-0.1, -0.05) is 19.4 Å². The van der Waals surface area contributed by atoms with Crippen LogP contribution in [0.3, 0.4) is 0 Å². The van der Waals surface area contributed by atoms with Crippen molar-refractivity contribution in [2.45, 2.75) is 34.6 Å². The maximum atomic E-state index is 11.4. The fourth-order valence-corrected chi connectivity index (χ4v) is 1.21. The fraction of sp³-hybridized carbons (Fsp3) is 0.438. The smallest absolute Gasteiger partial charge is 0.338 e. The molecule has 1 aromatic carbocycles. The molecule has 3 heteroatoms. The molecule has 0 saturated heterocycles. The van der Waals surface area contributed by atoms with E-state index in [2.05, 4.69) is 0 Å². The first-order valence-electron chi connectivity index (χ1n) is 6.67. The van der Waals surface area contributed by atoms with Crippen LogP contribution in [0.4, 0.5) is 0 Å². The largest absolute Gasteiger partial charge is 0.490 e. The van der Waals surface area contributed by atoms with E-state index in [4.69, 9.17) is 9.47 Å². The quantitative estimate of drug-likeness (QED) is 0.589. The van der Waals surface area contributed by atoms with E-state index in [1.165, 1.54) is 5.57 Å². The van der Waals surface area contributed by atoms with Crippen LogP contribution in [0.5, 0.6) is 5.75 Å². The highest BCUT2D eigenvalue weighted by Gasteiger charge is 2.05. The normalized spacial score (nSPS) is 8.89. The third kappa shape index (κ3) is 7.29. The second-order valence-electron chi connectivity index (χ2n) is 3.84. The lowest BCUT2D eigenvalue weighted by Crippen LogP contribution is -2.04. The number of ether oxygens (including phenoxy) is 2. The van der Waals surface area contributed by atoms with Crippen LogP contribution in [0.2, 0.25) is 0 Å². The number of carbonyl (C=O) groups excluding carboxylic acids is 1. The molecule has 0 N–H and O–H groups in total. The molecule has 0 unspecified atom stereocenters. The molecule has 0 fully saturated rings. The summed E-state index contributed by atoms with van der Waals surface area (Å²) in [5, 5.41) is 0. The maximum absolute atomic E-state index is 11.4. The van der Waals surface area contributed by atoms with Gasteiger partial charge in [0, 0.05) is 0 Å². The molecule has 3 nitrogen and oxygen atoms in total. The van der Waals surface area contributed by atoms with Crippen molar-refractivity contribution in [2.75, 3.05) is 13.2 Å². The first kappa shape index (κ1) is 17.2. The second kappa shape index (κ2) is 10.2. The lowest BCUT2D eigenvalue weighted by molar-refractivity contribution is 0.0526. The molecule has 106 valence electrons. The van der Waals surface area contributed by atoms with Crippen LogP contribution in [-0.2, 0) is 4.74 Å². The molecular formula is C16H24O3. The Balaban J connectivity index is 0.00000154. The van der Waals surface area contributed by atoms with E-state index in [1.54, 1.807) is 31.2 Å². The van der Waals surface area contributed by atoms with Gasteiger partial charge in [-0.15, -0.1) is 0 Å². The molecule has 0 heterocycles. The minimum atomic E-state index is -0.302. The number of hydrogen-bond acceptors (Lipinski definition) is 3. The zero-order chi connectivity index (χ0) is 14.7. The monoisotopic (exact) mass is 264 g/mol. The summed E-state index contributed by atoms with van der Waals surface area (Å²) in [5.74, 6) is 0.443. The van der Waals surface area contributed by atoms with Crippen LogP contribution in [0.15, 0.2) is 35.9 Å². The van der Waals surface area contributed by atoms with E-state index in [-0.39, 0.29) is 5.97 Å². The lowest BCUT2D eigenvalue weighted by atomic mass is 10.2. The van der Waals surface area contributed by atoms with Crippen LogP contribution in [0, 0.1) is 0 Å². The molecule has 19 heavy (non-hydrogen) atoms. The Labute approximate surface area is 116 Å². The Hall–Kier alpha value is -1.77. The van der Waals surface area contributed by atoms with Crippen molar-refractivity contribution in [1.29, 1.82) is 0 Å². The average molecular weight is 264 g/mol. The van der Waals surface area contributed by atoms with Gasteiger partial charge in [-0.25, -0.2) is 4.79 Å². The van der Waals surface area contributed by atoms with Gasteiger partial charge in [0.1, 0.15) is 12.4 Å². The highest BCUT2D eigenvalue weighted by atomic mass is 16.5. The number of esters is 1. The van der Waals surface area contributed by atoms with Gasteiger partial charge in [-0.05, 0) is 51.1 Å². The summed E-state index contributed by atoms with van der Waals surface area (Å²) >= 11 is 0. The molecule has 1 rings (SSSR count). The van der Waals surface area contributed by atoms with Crippen LogP contribution in [0.25, 0.3) is 0 Å². The summed E-state index contributed by atoms with van der Waals surface area (Å²) < 4.78 is 10.4. The van der Waals surface area contributed by atoms with E-state index in [9.17, 15) is 4.79 Å². The number of benzene rings is 1. The number of allylic oxidation sites excluding steroid dienone is 1. The minimum Gasteiger partial charge on any atom is -0.490 e. The summed E-state index contributed by atoms with van der Waals surface area (Å²) in [7, 11) is 0. The fourth-order valence-electron chi connectivity index (χ4n) is 1.21. The molecule has 0 aliphatic carbocycles. The Bertz CT molecular complexity index is 387. The van der Waals surface area contributed by atoms with Crippen molar-refractivity contribution in [1.82, 2.24) is 0 Å². The van der Waals surface area contributed by atoms with Crippen molar-refractivity contribution in [3.63, 3.8) is 0 Å². The first-order valence-corrected chi connectivity index (χ1v) is 6.67. The van der Waals surface area contributed by atoms with Crippen molar-refractivity contribution in [2.24, 2.45) is 0 Å². The third-order valence-electron chi connectivity index (χ3n) is 2.11. The number of hydrogen-bond donors (Lipinski definition) is 0. The SMILES string of the molecule is CC.CCOC(=O)c1ccc(OCC=C(C)C)cc1. The van der Waals surface area contributed by atoms with E-state index < -0.39 is 0 Å². The molecule has 0 radical (unpaired) electrons. The molecule has 0 aromatic heterocycles. The Morgan fingerprint density at radius 3 is 2.21 bits per heavy atom. The van der Waals surface area contributed by atoms with Crippen LogP contribution < -0.4 is 4.74 Å². The predicted octanol–water partition coefficient (Wildman–Crippen LogP) is 4.23. The predicted molar refractivity (Wildman–Crippen MR) is 78.7 cm³/mol. The van der Waals surface area contributed by atoms with Gasteiger partial charge in [0.25, 0.3) is 0 Å². The number of rotatable bonds is 5. The van der Waals surface area contributed by atoms with Crippen LogP contribution >= 0.6 is 0 Å². The summed E-state index contributed by atoms with van der Waals surface area (Å²) in [6, 6.07) is 6.95. The van der Waals surface area contributed by atoms with Gasteiger partial charge in [0.05, 0.1) is 12.2 Å². The molecular weight excluding hydrogens is 240 g/mol. The van der Waals surface area contributed by atoms with E-state index in [0.29, 0.717) is 18.8 Å². The summed E-state index contributed by atoms with van der Waals surface area (Å²) in [5.41, 5.74) is 1.76. The number of carbonyl (C=O) groups is 1. The van der Waals surface area contributed by atoms with Crippen LogP contribution in [0.1, 0.15) is 45.0 Å². The molecule has 0 atom stereocenters.